The Kier molecular flexibility index (Phi) is 8.75. The van der Waals surface area contributed by atoms with Crippen LogP contribution in [-0.4, -0.2) is 57.7 Å². The summed E-state index contributed by atoms with van der Waals surface area (Å²) in [5.74, 6) is 3.07. The van der Waals surface area contributed by atoms with Crippen LogP contribution in [0.2, 0.25) is 0 Å². The molecule has 1 heterocycles. The van der Waals surface area contributed by atoms with Gasteiger partial charge in [0.05, 0.1) is 7.11 Å². The molecular formula is C21H36N4O. The summed E-state index contributed by atoms with van der Waals surface area (Å²) >= 11 is 0. The number of methoxy groups -OCH3 is 1. The fourth-order valence-electron chi connectivity index (χ4n) is 3.45. The van der Waals surface area contributed by atoms with Gasteiger partial charge < -0.3 is 20.3 Å². The maximum absolute atomic E-state index is 5.46. The van der Waals surface area contributed by atoms with Crippen LogP contribution >= 0.6 is 0 Å². The molecule has 1 aromatic rings. The number of likely N-dealkylation sites (tertiary alicyclic amines) is 1. The van der Waals surface area contributed by atoms with Crippen LogP contribution in [0.3, 0.4) is 0 Å². The van der Waals surface area contributed by atoms with Gasteiger partial charge in [0.1, 0.15) is 5.75 Å². The third-order valence-electron chi connectivity index (χ3n) is 5.29. The lowest BCUT2D eigenvalue weighted by Gasteiger charge is -2.30. The van der Waals surface area contributed by atoms with E-state index in [1.165, 1.54) is 38.0 Å². The molecule has 2 N–H and O–H groups in total. The number of piperidine rings is 1. The number of ether oxygens (including phenoxy) is 1. The number of nitrogens with one attached hydrogen (secondary N) is 2. The van der Waals surface area contributed by atoms with Crippen molar-refractivity contribution in [3.8, 4) is 5.75 Å². The first-order chi connectivity index (χ1) is 12.6. The molecule has 26 heavy (non-hydrogen) atoms. The van der Waals surface area contributed by atoms with Gasteiger partial charge in [-0.05, 0) is 56.4 Å². The number of nitrogens with zero attached hydrogens (tertiary/aromatic N) is 2. The zero-order chi connectivity index (χ0) is 18.8. The highest BCUT2D eigenvalue weighted by molar-refractivity contribution is 5.79. The van der Waals surface area contributed by atoms with E-state index in [9.17, 15) is 0 Å². The van der Waals surface area contributed by atoms with E-state index in [1.54, 1.807) is 7.11 Å². The molecule has 146 valence electrons. The van der Waals surface area contributed by atoms with Crippen molar-refractivity contribution in [2.75, 3.05) is 46.9 Å². The predicted octanol–water partition coefficient (Wildman–Crippen LogP) is 3.09. The summed E-state index contributed by atoms with van der Waals surface area (Å²) in [5, 5.41) is 6.87. The van der Waals surface area contributed by atoms with Gasteiger partial charge in [0.2, 0.25) is 0 Å². The standard InChI is InChI=1S/C21H36N4O/c1-17-10-14-25(15-11-17)13-7-12-23-21(22-3)24-16-18(2)19-8-5-6-9-20(19)26-4/h5-6,8-9,17-18H,7,10-16H2,1-4H3,(H2,22,23,24). The molecule has 1 atom stereocenters. The van der Waals surface area contributed by atoms with Gasteiger partial charge in [0, 0.05) is 26.1 Å². The molecule has 5 nitrogen and oxygen atoms in total. The molecule has 1 fully saturated rings. The molecule has 1 aromatic carbocycles. The molecule has 1 aliphatic rings. The Morgan fingerprint density at radius 3 is 2.69 bits per heavy atom. The number of para-hydroxylation sites is 1. The number of hydrogen-bond donors (Lipinski definition) is 2. The van der Waals surface area contributed by atoms with Gasteiger partial charge in [-0.3, -0.25) is 4.99 Å². The van der Waals surface area contributed by atoms with Crippen LogP contribution in [0.5, 0.6) is 5.75 Å². The Morgan fingerprint density at radius 1 is 1.27 bits per heavy atom. The molecule has 0 radical (unpaired) electrons. The fourth-order valence-corrected chi connectivity index (χ4v) is 3.45. The zero-order valence-corrected chi connectivity index (χ0v) is 16.9. The molecule has 1 unspecified atom stereocenters. The van der Waals surface area contributed by atoms with E-state index in [0.717, 1.165) is 37.1 Å². The highest BCUT2D eigenvalue weighted by atomic mass is 16.5. The summed E-state index contributed by atoms with van der Waals surface area (Å²) in [6.07, 6.45) is 3.84. The van der Waals surface area contributed by atoms with E-state index in [-0.39, 0.29) is 0 Å². The largest absolute Gasteiger partial charge is 0.496 e. The van der Waals surface area contributed by atoms with Crippen molar-refractivity contribution in [2.24, 2.45) is 10.9 Å². The molecule has 0 saturated carbocycles. The minimum absolute atomic E-state index is 0.347. The summed E-state index contributed by atoms with van der Waals surface area (Å²) in [6, 6.07) is 8.20. The second-order valence-corrected chi connectivity index (χ2v) is 7.40. The van der Waals surface area contributed by atoms with Crippen LogP contribution in [-0.2, 0) is 0 Å². The number of hydrogen-bond acceptors (Lipinski definition) is 3. The van der Waals surface area contributed by atoms with Crippen molar-refractivity contribution in [1.29, 1.82) is 0 Å². The highest BCUT2D eigenvalue weighted by Gasteiger charge is 2.15. The SMILES string of the molecule is CN=C(NCCCN1CCC(C)CC1)NCC(C)c1ccccc1OC. The van der Waals surface area contributed by atoms with Crippen LogP contribution in [0.25, 0.3) is 0 Å². The zero-order valence-electron chi connectivity index (χ0n) is 16.9. The average molecular weight is 361 g/mol. The lowest BCUT2D eigenvalue weighted by molar-refractivity contribution is 0.191. The molecule has 2 rings (SSSR count). The van der Waals surface area contributed by atoms with E-state index in [2.05, 4.69) is 46.5 Å². The van der Waals surface area contributed by atoms with Crippen molar-refractivity contribution >= 4 is 5.96 Å². The van der Waals surface area contributed by atoms with E-state index in [4.69, 9.17) is 4.74 Å². The van der Waals surface area contributed by atoms with Crippen LogP contribution in [0.1, 0.15) is 44.6 Å². The smallest absolute Gasteiger partial charge is 0.190 e. The number of rotatable bonds is 8. The molecule has 0 aromatic heterocycles. The first-order valence-electron chi connectivity index (χ1n) is 9.93. The van der Waals surface area contributed by atoms with Crippen molar-refractivity contribution in [3.05, 3.63) is 29.8 Å². The van der Waals surface area contributed by atoms with Gasteiger partial charge in [-0.15, -0.1) is 0 Å². The number of guanidine groups is 1. The molecule has 0 aliphatic carbocycles. The highest BCUT2D eigenvalue weighted by Crippen LogP contribution is 2.25. The minimum Gasteiger partial charge on any atom is -0.496 e. The van der Waals surface area contributed by atoms with E-state index >= 15 is 0 Å². The quantitative estimate of drug-likeness (QED) is 0.425. The fraction of sp³-hybridized carbons (Fsp3) is 0.667. The van der Waals surface area contributed by atoms with Gasteiger partial charge >= 0.3 is 0 Å². The van der Waals surface area contributed by atoms with E-state index < -0.39 is 0 Å². The molecule has 1 saturated heterocycles. The van der Waals surface area contributed by atoms with Gasteiger partial charge in [-0.1, -0.05) is 32.0 Å². The summed E-state index contributed by atoms with van der Waals surface area (Å²) in [5.41, 5.74) is 1.22. The maximum atomic E-state index is 5.46. The van der Waals surface area contributed by atoms with Gasteiger partial charge in [-0.25, -0.2) is 0 Å². The Balaban J connectivity index is 1.67. The van der Waals surface area contributed by atoms with Crippen molar-refractivity contribution < 1.29 is 4.74 Å². The topological polar surface area (TPSA) is 48.9 Å². The summed E-state index contributed by atoms with van der Waals surface area (Å²) in [4.78, 5) is 6.93. The summed E-state index contributed by atoms with van der Waals surface area (Å²) in [6.45, 7) is 10.0. The first-order valence-corrected chi connectivity index (χ1v) is 9.93. The molecule has 0 bridgehead atoms. The molecule has 0 amide bonds. The maximum Gasteiger partial charge on any atom is 0.190 e. The lowest BCUT2D eigenvalue weighted by atomic mass is 9.99. The molecule has 5 heteroatoms. The van der Waals surface area contributed by atoms with Gasteiger partial charge in [0.25, 0.3) is 0 Å². The van der Waals surface area contributed by atoms with Crippen LogP contribution < -0.4 is 15.4 Å². The second kappa shape index (κ2) is 11.1. The normalized spacial score (nSPS) is 17.8. The Morgan fingerprint density at radius 2 is 2.00 bits per heavy atom. The molecular weight excluding hydrogens is 324 g/mol. The lowest BCUT2D eigenvalue weighted by Crippen LogP contribution is -2.41. The van der Waals surface area contributed by atoms with Gasteiger partial charge in [-0.2, -0.15) is 0 Å². The van der Waals surface area contributed by atoms with E-state index in [1.807, 2.05) is 19.2 Å². The third-order valence-corrected chi connectivity index (χ3v) is 5.29. The molecule has 0 spiro atoms. The van der Waals surface area contributed by atoms with Crippen molar-refractivity contribution in [1.82, 2.24) is 15.5 Å². The number of benzene rings is 1. The Hall–Kier alpha value is -1.75. The summed E-state index contributed by atoms with van der Waals surface area (Å²) < 4.78 is 5.46. The predicted molar refractivity (Wildman–Crippen MR) is 110 cm³/mol. The summed E-state index contributed by atoms with van der Waals surface area (Å²) in [7, 11) is 3.55. The second-order valence-electron chi connectivity index (χ2n) is 7.40. The van der Waals surface area contributed by atoms with Crippen LogP contribution in [0.15, 0.2) is 29.3 Å². The Bertz CT molecular complexity index is 553. The van der Waals surface area contributed by atoms with Gasteiger partial charge in [0.15, 0.2) is 5.96 Å². The van der Waals surface area contributed by atoms with E-state index in [0.29, 0.717) is 5.92 Å². The minimum atomic E-state index is 0.347. The first kappa shape index (κ1) is 20.6. The van der Waals surface area contributed by atoms with Crippen molar-refractivity contribution in [2.45, 2.75) is 39.0 Å². The number of aliphatic imine (C=N–C) groups is 1. The van der Waals surface area contributed by atoms with Crippen LogP contribution in [0, 0.1) is 5.92 Å². The van der Waals surface area contributed by atoms with Crippen molar-refractivity contribution in [3.63, 3.8) is 0 Å². The molecule has 1 aliphatic heterocycles. The third kappa shape index (κ3) is 6.52. The van der Waals surface area contributed by atoms with Crippen LogP contribution in [0.4, 0.5) is 0 Å². The Labute approximate surface area is 159 Å². The monoisotopic (exact) mass is 360 g/mol. The average Bonchev–Trinajstić information content (AvgIpc) is 2.68.